The van der Waals surface area contributed by atoms with Crippen molar-refractivity contribution in [2.75, 3.05) is 11.9 Å². The molecule has 3 N–H and O–H groups in total. The molecule has 2 aromatic rings. The number of benzene rings is 2. The highest BCUT2D eigenvalue weighted by Gasteiger charge is 2.46. The number of nitrogens with one attached hydrogen (secondary N) is 1. The first-order valence-corrected chi connectivity index (χ1v) is 13.8. The number of carbonyl (C=O) groups excluding carboxylic acids is 1. The Balaban J connectivity index is 1.52. The number of amides is 1. The molecule has 0 atom stereocenters. The molecule has 0 aromatic heterocycles. The molecule has 1 aliphatic carbocycles. The summed E-state index contributed by atoms with van der Waals surface area (Å²) in [5.41, 5.74) is 8.19. The van der Waals surface area contributed by atoms with Crippen molar-refractivity contribution >= 4 is 21.4 Å². The van der Waals surface area contributed by atoms with E-state index in [2.05, 4.69) is 38.7 Å². The molecular weight excluding hydrogens is 460 g/mol. The minimum Gasteiger partial charge on any atom is -0.494 e. The molecule has 2 aromatic carbocycles. The Morgan fingerprint density at radius 3 is 2.34 bits per heavy atom. The molecule has 1 aliphatic rings. The van der Waals surface area contributed by atoms with Gasteiger partial charge < -0.3 is 15.8 Å². The minimum atomic E-state index is -3.65. The van der Waals surface area contributed by atoms with Gasteiger partial charge in [-0.15, -0.1) is 0 Å². The van der Waals surface area contributed by atoms with Gasteiger partial charge >= 0.3 is 0 Å². The number of anilines is 1. The fourth-order valence-corrected chi connectivity index (χ4v) is 6.65. The van der Waals surface area contributed by atoms with Crippen molar-refractivity contribution < 1.29 is 17.9 Å². The molecule has 0 saturated heterocycles. The molecule has 1 saturated carbocycles. The average Bonchev–Trinajstić information content (AvgIpc) is 2.82. The molecule has 0 unspecified atom stereocenters. The SMILES string of the molecule is C=C(N)C1(S(=O)(=O)c2ccc(OCCCC(=O)Nc3cccc(C(C)(C)C)c3)cc2)CCCCC1. The van der Waals surface area contributed by atoms with E-state index in [-0.39, 0.29) is 21.9 Å². The molecule has 6 nitrogen and oxygen atoms in total. The molecular formula is C28H38N2O4S. The predicted octanol–water partition coefficient (Wildman–Crippen LogP) is 5.73. The van der Waals surface area contributed by atoms with Crippen molar-refractivity contribution in [2.24, 2.45) is 5.73 Å². The van der Waals surface area contributed by atoms with Gasteiger partial charge in [-0.05, 0) is 66.6 Å². The molecule has 0 bridgehead atoms. The van der Waals surface area contributed by atoms with Gasteiger partial charge in [0.25, 0.3) is 0 Å². The van der Waals surface area contributed by atoms with Crippen LogP contribution in [0.15, 0.2) is 65.7 Å². The molecule has 35 heavy (non-hydrogen) atoms. The minimum absolute atomic E-state index is 0.0126. The number of nitrogens with two attached hydrogens (primary N) is 1. The number of sulfone groups is 1. The van der Waals surface area contributed by atoms with Gasteiger partial charge in [0.2, 0.25) is 5.91 Å². The highest BCUT2D eigenvalue weighted by molar-refractivity contribution is 7.93. The zero-order chi connectivity index (χ0) is 25.7. The second-order valence-electron chi connectivity index (χ2n) is 10.4. The van der Waals surface area contributed by atoms with E-state index in [0.717, 1.165) is 30.5 Å². The van der Waals surface area contributed by atoms with Crippen LogP contribution in [-0.4, -0.2) is 25.7 Å². The lowest BCUT2D eigenvalue weighted by Crippen LogP contribution is -2.44. The summed E-state index contributed by atoms with van der Waals surface area (Å²) in [4.78, 5) is 12.6. The number of carbonyl (C=O) groups is 1. The van der Waals surface area contributed by atoms with Crippen molar-refractivity contribution in [3.63, 3.8) is 0 Å². The predicted molar refractivity (Wildman–Crippen MR) is 141 cm³/mol. The maximum atomic E-state index is 13.4. The molecule has 0 radical (unpaired) electrons. The van der Waals surface area contributed by atoms with Crippen LogP contribution in [0.3, 0.4) is 0 Å². The van der Waals surface area contributed by atoms with Crippen LogP contribution in [0.5, 0.6) is 5.75 Å². The smallest absolute Gasteiger partial charge is 0.224 e. The normalized spacial score (nSPS) is 15.9. The fraction of sp³-hybridized carbons (Fsp3) is 0.464. The van der Waals surface area contributed by atoms with Gasteiger partial charge in [0.1, 0.15) is 10.5 Å². The lowest BCUT2D eigenvalue weighted by Gasteiger charge is -2.36. The Hall–Kier alpha value is -2.80. The number of rotatable bonds is 9. The number of hydrogen-bond donors (Lipinski definition) is 2. The van der Waals surface area contributed by atoms with Gasteiger partial charge in [0, 0.05) is 17.8 Å². The quantitative estimate of drug-likeness (QED) is 0.430. The summed E-state index contributed by atoms with van der Waals surface area (Å²) in [6.45, 7) is 10.6. The van der Waals surface area contributed by atoms with E-state index in [0.29, 0.717) is 38.0 Å². The summed E-state index contributed by atoms with van der Waals surface area (Å²) in [6, 6.07) is 14.3. The van der Waals surface area contributed by atoms with Gasteiger partial charge in [-0.1, -0.05) is 58.7 Å². The van der Waals surface area contributed by atoms with Crippen LogP contribution in [0.1, 0.15) is 71.3 Å². The van der Waals surface area contributed by atoms with Crippen LogP contribution in [-0.2, 0) is 20.0 Å². The first kappa shape index (κ1) is 26.8. The number of hydrogen-bond acceptors (Lipinski definition) is 5. The maximum Gasteiger partial charge on any atom is 0.224 e. The Bertz CT molecular complexity index is 1140. The second-order valence-corrected chi connectivity index (χ2v) is 12.6. The van der Waals surface area contributed by atoms with Crippen LogP contribution >= 0.6 is 0 Å². The Morgan fingerprint density at radius 2 is 1.74 bits per heavy atom. The summed E-state index contributed by atoms with van der Waals surface area (Å²) in [6.07, 6.45) is 4.54. The van der Waals surface area contributed by atoms with Gasteiger partial charge in [0.05, 0.1) is 11.5 Å². The maximum absolute atomic E-state index is 13.4. The summed E-state index contributed by atoms with van der Waals surface area (Å²) < 4.78 is 31.4. The standard InChI is InChI=1S/C28H38N2O4S/c1-21(29)28(17-6-5-7-18-28)35(32,33)25-15-13-24(14-16-25)34-19-9-12-26(31)30-23-11-8-10-22(20-23)27(2,3)4/h8,10-11,13-16,20H,1,5-7,9,12,17-19,29H2,2-4H3,(H,30,31). The molecule has 0 spiro atoms. The van der Waals surface area contributed by atoms with Gasteiger partial charge in [0.15, 0.2) is 9.84 Å². The van der Waals surface area contributed by atoms with Crippen LogP contribution < -0.4 is 15.8 Å². The second kappa shape index (κ2) is 10.9. The van der Waals surface area contributed by atoms with E-state index in [1.54, 1.807) is 24.3 Å². The first-order valence-electron chi connectivity index (χ1n) is 12.3. The lowest BCUT2D eigenvalue weighted by atomic mass is 9.86. The van der Waals surface area contributed by atoms with Crippen molar-refractivity contribution in [3.05, 3.63) is 66.4 Å². The largest absolute Gasteiger partial charge is 0.494 e. The summed E-state index contributed by atoms with van der Waals surface area (Å²) in [7, 11) is -3.65. The van der Waals surface area contributed by atoms with Gasteiger partial charge in [-0.25, -0.2) is 8.42 Å². The average molecular weight is 499 g/mol. The monoisotopic (exact) mass is 498 g/mol. The summed E-state index contributed by atoms with van der Waals surface area (Å²) >= 11 is 0. The molecule has 0 aliphatic heterocycles. The van der Waals surface area contributed by atoms with Crippen molar-refractivity contribution in [1.82, 2.24) is 0 Å². The van der Waals surface area contributed by atoms with E-state index in [1.807, 2.05) is 18.2 Å². The Kier molecular flexibility index (Phi) is 8.31. The first-order chi connectivity index (χ1) is 16.5. The van der Waals surface area contributed by atoms with Gasteiger partial charge in [-0.3, -0.25) is 4.79 Å². The molecule has 0 heterocycles. The van der Waals surface area contributed by atoms with Crippen molar-refractivity contribution in [2.45, 2.75) is 80.8 Å². The zero-order valence-corrected chi connectivity index (χ0v) is 21.9. The van der Waals surface area contributed by atoms with Crippen LogP contribution in [0.4, 0.5) is 5.69 Å². The van der Waals surface area contributed by atoms with E-state index < -0.39 is 14.6 Å². The van der Waals surface area contributed by atoms with Crippen LogP contribution in [0.2, 0.25) is 0 Å². The summed E-state index contributed by atoms with van der Waals surface area (Å²) in [5.74, 6) is 0.493. The van der Waals surface area contributed by atoms with Gasteiger partial charge in [-0.2, -0.15) is 0 Å². The molecule has 3 rings (SSSR count). The molecule has 1 fully saturated rings. The highest BCUT2D eigenvalue weighted by atomic mass is 32.2. The van der Waals surface area contributed by atoms with E-state index in [1.165, 1.54) is 0 Å². The highest BCUT2D eigenvalue weighted by Crippen LogP contribution is 2.42. The fourth-order valence-electron chi connectivity index (χ4n) is 4.54. The third-order valence-electron chi connectivity index (χ3n) is 6.72. The van der Waals surface area contributed by atoms with Crippen LogP contribution in [0.25, 0.3) is 0 Å². The summed E-state index contributed by atoms with van der Waals surface area (Å²) in [5, 5.41) is 2.94. The molecule has 7 heteroatoms. The Morgan fingerprint density at radius 1 is 1.09 bits per heavy atom. The molecule has 1 amide bonds. The van der Waals surface area contributed by atoms with Crippen LogP contribution in [0, 0.1) is 0 Å². The Labute approximate surface area is 209 Å². The number of ether oxygens (including phenoxy) is 1. The third-order valence-corrected chi connectivity index (χ3v) is 9.32. The van der Waals surface area contributed by atoms with E-state index in [9.17, 15) is 13.2 Å². The molecule has 190 valence electrons. The van der Waals surface area contributed by atoms with Crippen molar-refractivity contribution in [3.8, 4) is 5.75 Å². The van der Waals surface area contributed by atoms with Crippen molar-refractivity contribution in [1.29, 1.82) is 0 Å². The topological polar surface area (TPSA) is 98.5 Å². The van der Waals surface area contributed by atoms with E-state index >= 15 is 0 Å². The zero-order valence-electron chi connectivity index (χ0n) is 21.1. The lowest BCUT2D eigenvalue weighted by molar-refractivity contribution is -0.116. The third kappa shape index (κ3) is 6.26. The van der Waals surface area contributed by atoms with E-state index in [4.69, 9.17) is 10.5 Å².